The quantitative estimate of drug-likeness (QED) is 0.656. The molecule has 3 heterocycles. The lowest BCUT2D eigenvalue weighted by Crippen LogP contribution is -2.27. The summed E-state index contributed by atoms with van der Waals surface area (Å²) < 4.78 is 1.29. The van der Waals surface area contributed by atoms with Gasteiger partial charge in [0.2, 0.25) is 0 Å². The maximum atomic E-state index is 12.9. The van der Waals surface area contributed by atoms with E-state index in [2.05, 4.69) is 15.4 Å². The Balaban J connectivity index is 1.55. The molecule has 0 radical (unpaired) electrons. The highest BCUT2D eigenvalue weighted by atomic mass is 32.1. The Labute approximate surface area is 189 Å². The van der Waals surface area contributed by atoms with Crippen molar-refractivity contribution in [2.75, 3.05) is 18.4 Å². The van der Waals surface area contributed by atoms with E-state index in [4.69, 9.17) is 0 Å². The molecule has 166 valence electrons. The van der Waals surface area contributed by atoms with Crippen molar-refractivity contribution < 1.29 is 9.59 Å². The number of aryl methyl sites for hydroxylation is 3. The molecule has 4 rings (SSSR count). The van der Waals surface area contributed by atoms with E-state index in [0.717, 1.165) is 37.2 Å². The molecule has 9 heteroatoms. The zero-order chi connectivity index (χ0) is 23.0. The second-order valence-corrected chi connectivity index (χ2v) is 8.98. The fourth-order valence-corrected chi connectivity index (χ4v) is 4.86. The molecule has 0 aliphatic carbocycles. The van der Waals surface area contributed by atoms with Gasteiger partial charge in [-0.05, 0) is 63.4 Å². The van der Waals surface area contributed by atoms with Crippen molar-refractivity contribution in [1.29, 1.82) is 0 Å². The molecule has 1 saturated heterocycles. The summed E-state index contributed by atoms with van der Waals surface area (Å²) in [6, 6.07) is 6.91. The molecule has 2 amide bonds. The maximum absolute atomic E-state index is 12.9. The van der Waals surface area contributed by atoms with Gasteiger partial charge in [0, 0.05) is 31.4 Å². The molecule has 0 atom stereocenters. The second kappa shape index (κ2) is 8.66. The normalized spacial score (nSPS) is 13.4. The largest absolute Gasteiger partial charge is 0.339 e. The molecule has 8 nitrogen and oxygen atoms in total. The molecule has 0 bridgehead atoms. The number of aromatic nitrogens is 3. The lowest BCUT2D eigenvalue weighted by molar-refractivity contribution is 0.0792. The van der Waals surface area contributed by atoms with Gasteiger partial charge in [0.25, 0.3) is 17.4 Å². The lowest BCUT2D eigenvalue weighted by Gasteiger charge is -2.15. The Morgan fingerprint density at radius 1 is 1.03 bits per heavy atom. The summed E-state index contributed by atoms with van der Waals surface area (Å²) in [5, 5.41) is 7.56. The van der Waals surface area contributed by atoms with Crippen LogP contribution < -0.4 is 10.9 Å². The van der Waals surface area contributed by atoms with Crippen LogP contribution in [0.2, 0.25) is 0 Å². The van der Waals surface area contributed by atoms with E-state index in [1.165, 1.54) is 16.0 Å². The summed E-state index contributed by atoms with van der Waals surface area (Å²) in [5.74, 6) is -0.280. The van der Waals surface area contributed by atoms with E-state index < -0.39 is 0 Å². The SMILES string of the molecule is Cc1nc(-c2c(C)c(C)nn(C)c2=O)sc1C(=O)Nc1ccc(C(=O)N2CCCC2)cc1. The Kier molecular flexibility index (Phi) is 5.92. The van der Waals surface area contributed by atoms with E-state index in [0.29, 0.717) is 32.4 Å². The molecule has 0 saturated carbocycles. The number of nitrogens with one attached hydrogen (secondary N) is 1. The van der Waals surface area contributed by atoms with Crippen LogP contribution in [0.15, 0.2) is 29.1 Å². The Hall–Kier alpha value is -3.33. The summed E-state index contributed by atoms with van der Waals surface area (Å²) in [6.07, 6.45) is 2.08. The standard InChI is InChI=1S/C23H25N5O3S/c1-13-14(2)26-27(4)23(31)18(13)21-24-15(3)19(32-21)20(29)25-17-9-7-16(8-10-17)22(30)28-11-5-6-12-28/h7-10H,5-6,11-12H2,1-4H3,(H,25,29). The Morgan fingerprint density at radius 3 is 2.34 bits per heavy atom. The van der Waals surface area contributed by atoms with Crippen LogP contribution in [0.25, 0.3) is 10.6 Å². The number of thiazole rings is 1. The third-order valence-electron chi connectivity index (χ3n) is 5.73. The third-order valence-corrected chi connectivity index (χ3v) is 6.90. The van der Waals surface area contributed by atoms with Gasteiger partial charge in [0.15, 0.2) is 0 Å². The number of nitrogens with zero attached hydrogens (tertiary/aromatic N) is 4. The monoisotopic (exact) mass is 451 g/mol. The molecule has 2 aromatic heterocycles. The molecule has 32 heavy (non-hydrogen) atoms. The van der Waals surface area contributed by atoms with Gasteiger partial charge in [0.1, 0.15) is 9.88 Å². The van der Waals surface area contributed by atoms with Gasteiger partial charge in [0.05, 0.1) is 17.0 Å². The van der Waals surface area contributed by atoms with Crippen LogP contribution in [0.3, 0.4) is 0 Å². The summed E-state index contributed by atoms with van der Waals surface area (Å²) >= 11 is 1.19. The number of carbonyl (C=O) groups excluding carboxylic acids is 2. The van der Waals surface area contributed by atoms with Gasteiger partial charge in [-0.2, -0.15) is 5.10 Å². The number of hydrogen-bond donors (Lipinski definition) is 1. The average Bonchev–Trinajstić information content (AvgIpc) is 3.43. The number of anilines is 1. The van der Waals surface area contributed by atoms with E-state index >= 15 is 0 Å². The second-order valence-electron chi connectivity index (χ2n) is 7.98. The van der Waals surface area contributed by atoms with Gasteiger partial charge < -0.3 is 10.2 Å². The van der Waals surface area contributed by atoms with Gasteiger partial charge in [-0.25, -0.2) is 9.67 Å². The number of likely N-dealkylation sites (tertiary alicyclic amines) is 1. The molecular weight excluding hydrogens is 426 g/mol. The fourth-order valence-electron chi connectivity index (χ4n) is 3.80. The van der Waals surface area contributed by atoms with Gasteiger partial charge in [-0.15, -0.1) is 11.3 Å². The van der Waals surface area contributed by atoms with Crippen LogP contribution in [0.1, 0.15) is 49.8 Å². The van der Waals surface area contributed by atoms with Crippen LogP contribution in [-0.4, -0.2) is 44.6 Å². The smallest absolute Gasteiger partial charge is 0.277 e. The molecule has 1 aromatic carbocycles. The zero-order valence-corrected chi connectivity index (χ0v) is 19.4. The molecular formula is C23H25N5O3S. The van der Waals surface area contributed by atoms with Gasteiger partial charge in [-0.3, -0.25) is 14.4 Å². The first-order valence-electron chi connectivity index (χ1n) is 10.5. The number of hydrogen-bond acceptors (Lipinski definition) is 6. The summed E-state index contributed by atoms with van der Waals surface area (Å²) in [6.45, 7) is 7.01. The molecule has 0 spiro atoms. The van der Waals surface area contributed by atoms with E-state index in [1.54, 1.807) is 38.2 Å². The van der Waals surface area contributed by atoms with E-state index in [9.17, 15) is 14.4 Å². The summed E-state index contributed by atoms with van der Waals surface area (Å²) in [4.78, 5) is 44.8. The van der Waals surface area contributed by atoms with Gasteiger partial charge in [-0.1, -0.05) is 0 Å². The Morgan fingerprint density at radius 2 is 1.69 bits per heavy atom. The van der Waals surface area contributed by atoms with Crippen molar-refractivity contribution in [3.8, 4) is 10.6 Å². The van der Waals surface area contributed by atoms with Crippen LogP contribution in [0.5, 0.6) is 0 Å². The number of benzene rings is 1. The van der Waals surface area contributed by atoms with Crippen LogP contribution in [0.4, 0.5) is 5.69 Å². The molecule has 1 aliphatic rings. The minimum atomic E-state index is -0.301. The average molecular weight is 452 g/mol. The predicted molar refractivity (Wildman–Crippen MR) is 124 cm³/mol. The van der Waals surface area contributed by atoms with Crippen molar-refractivity contribution >= 4 is 28.8 Å². The van der Waals surface area contributed by atoms with Crippen molar-refractivity contribution in [3.63, 3.8) is 0 Å². The summed E-state index contributed by atoms with van der Waals surface area (Å²) in [5.41, 5.74) is 3.48. The maximum Gasteiger partial charge on any atom is 0.277 e. The lowest BCUT2D eigenvalue weighted by atomic mass is 10.1. The summed E-state index contributed by atoms with van der Waals surface area (Å²) in [7, 11) is 1.60. The first-order chi connectivity index (χ1) is 15.3. The number of amides is 2. The van der Waals surface area contributed by atoms with Gasteiger partial charge >= 0.3 is 0 Å². The fraction of sp³-hybridized carbons (Fsp3) is 0.348. The highest BCUT2D eigenvalue weighted by molar-refractivity contribution is 7.17. The van der Waals surface area contributed by atoms with E-state index in [1.807, 2.05) is 18.7 Å². The molecule has 1 N–H and O–H groups in total. The van der Waals surface area contributed by atoms with Crippen molar-refractivity contribution in [1.82, 2.24) is 19.7 Å². The number of rotatable bonds is 4. The highest BCUT2D eigenvalue weighted by Gasteiger charge is 2.22. The predicted octanol–water partition coefficient (Wildman–Crippen LogP) is 3.32. The minimum absolute atomic E-state index is 0.0212. The zero-order valence-electron chi connectivity index (χ0n) is 18.6. The van der Waals surface area contributed by atoms with Crippen molar-refractivity contribution in [2.45, 2.75) is 33.6 Å². The molecule has 0 unspecified atom stereocenters. The van der Waals surface area contributed by atoms with Crippen LogP contribution in [-0.2, 0) is 7.05 Å². The molecule has 3 aromatic rings. The minimum Gasteiger partial charge on any atom is -0.339 e. The first kappa shape index (κ1) is 21.9. The molecule has 1 aliphatic heterocycles. The third kappa shape index (κ3) is 4.08. The van der Waals surface area contributed by atoms with E-state index in [-0.39, 0.29) is 17.4 Å². The van der Waals surface area contributed by atoms with Crippen molar-refractivity contribution in [2.24, 2.45) is 7.05 Å². The van der Waals surface area contributed by atoms with Crippen LogP contribution in [0, 0.1) is 20.8 Å². The number of carbonyl (C=O) groups is 2. The van der Waals surface area contributed by atoms with Crippen molar-refractivity contribution in [3.05, 3.63) is 62.0 Å². The molecule has 1 fully saturated rings. The highest BCUT2D eigenvalue weighted by Crippen LogP contribution is 2.29. The first-order valence-corrected chi connectivity index (χ1v) is 11.3. The van der Waals surface area contributed by atoms with Crippen LogP contribution >= 0.6 is 11.3 Å². The Bertz CT molecular complexity index is 1250. The topological polar surface area (TPSA) is 97.2 Å².